The van der Waals surface area contributed by atoms with Gasteiger partial charge in [-0.25, -0.2) is 0 Å². The minimum atomic E-state index is -0.235. The summed E-state index contributed by atoms with van der Waals surface area (Å²) in [5.41, 5.74) is 6.91. The molecule has 158 valence electrons. The zero-order chi connectivity index (χ0) is 20.0. The lowest BCUT2D eigenvalue weighted by molar-refractivity contribution is -0.123. The van der Waals surface area contributed by atoms with Crippen molar-refractivity contribution in [1.29, 1.82) is 0 Å². The van der Waals surface area contributed by atoms with Crippen LogP contribution in [-0.2, 0) is 4.79 Å². The Labute approximate surface area is 174 Å². The molecule has 1 aromatic rings. The van der Waals surface area contributed by atoms with Crippen LogP contribution in [0.5, 0.6) is 0 Å². The van der Waals surface area contributed by atoms with Crippen LogP contribution in [0, 0.1) is 17.3 Å². The highest BCUT2D eigenvalue weighted by Crippen LogP contribution is 2.69. The second-order valence-corrected chi connectivity index (χ2v) is 9.97. The van der Waals surface area contributed by atoms with Crippen LogP contribution in [-0.4, -0.2) is 65.7 Å². The summed E-state index contributed by atoms with van der Waals surface area (Å²) in [4.78, 5) is 16.6. The number of amides is 1. The van der Waals surface area contributed by atoms with E-state index in [0.29, 0.717) is 17.9 Å². The Morgan fingerprint density at radius 1 is 1.10 bits per heavy atom. The first kappa shape index (κ1) is 19.5. The predicted octanol–water partition coefficient (Wildman–Crippen LogP) is 2.20. The summed E-state index contributed by atoms with van der Waals surface area (Å²) < 4.78 is 0. The number of nitrogens with two attached hydrogens (primary N) is 1. The van der Waals surface area contributed by atoms with E-state index < -0.39 is 0 Å². The molecule has 1 amide bonds. The largest absolute Gasteiger partial charge is 0.391 e. The zero-order valence-electron chi connectivity index (χ0n) is 17.4. The van der Waals surface area contributed by atoms with Gasteiger partial charge in [-0.1, -0.05) is 43.2 Å². The molecule has 2 saturated carbocycles. The van der Waals surface area contributed by atoms with Gasteiger partial charge in [-0.3, -0.25) is 9.69 Å². The molecule has 29 heavy (non-hydrogen) atoms. The first-order chi connectivity index (χ1) is 14.1. The highest BCUT2D eigenvalue weighted by molar-refractivity contribution is 5.76. The molecule has 2 aliphatic heterocycles. The number of β-amino-alcohol motifs (C(OH)–C–C–N with tert-alkyl or cyclic N) is 1. The van der Waals surface area contributed by atoms with Crippen molar-refractivity contribution in [3.8, 4) is 0 Å². The lowest BCUT2D eigenvalue weighted by Crippen LogP contribution is -2.40. The van der Waals surface area contributed by atoms with Crippen LogP contribution in [0.15, 0.2) is 30.3 Å². The Bertz CT molecular complexity index is 727. The maximum atomic E-state index is 11.5. The third-order valence-corrected chi connectivity index (χ3v) is 8.51. The van der Waals surface area contributed by atoms with Crippen LogP contribution >= 0.6 is 0 Å². The number of aliphatic hydroxyl groups is 1. The van der Waals surface area contributed by atoms with Gasteiger partial charge in [-0.05, 0) is 56.2 Å². The highest BCUT2D eigenvalue weighted by atomic mass is 16.3. The Morgan fingerprint density at radius 2 is 1.79 bits per heavy atom. The first-order valence-corrected chi connectivity index (χ1v) is 11.6. The van der Waals surface area contributed by atoms with Gasteiger partial charge in [0.2, 0.25) is 5.91 Å². The van der Waals surface area contributed by atoms with Crippen molar-refractivity contribution in [3.63, 3.8) is 0 Å². The smallest absolute Gasteiger partial charge is 0.220 e. The first-order valence-electron chi connectivity index (χ1n) is 11.6. The summed E-state index contributed by atoms with van der Waals surface area (Å²) in [6, 6.07) is 11.5. The van der Waals surface area contributed by atoms with Crippen molar-refractivity contribution >= 4 is 5.91 Å². The molecule has 2 aliphatic carbocycles. The average Bonchev–Trinajstić information content (AvgIpc) is 3.07. The molecule has 5 rings (SSSR count). The van der Waals surface area contributed by atoms with Crippen molar-refractivity contribution in [1.82, 2.24) is 9.80 Å². The Balaban J connectivity index is 1.33. The molecule has 0 bridgehead atoms. The van der Waals surface area contributed by atoms with E-state index in [0.717, 1.165) is 45.6 Å². The van der Waals surface area contributed by atoms with Gasteiger partial charge >= 0.3 is 0 Å². The normalized spacial score (nSPS) is 36.8. The molecular formula is C24H35N3O2. The molecule has 4 atom stereocenters. The molecule has 2 saturated heterocycles. The molecule has 0 radical (unpaired) electrons. The molecular weight excluding hydrogens is 362 g/mol. The number of benzene rings is 1. The van der Waals surface area contributed by atoms with E-state index in [1.807, 2.05) is 0 Å². The fourth-order valence-corrected chi connectivity index (χ4v) is 6.83. The van der Waals surface area contributed by atoms with Gasteiger partial charge in [0.05, 0.1) is 6.10 Å². The predicted molar refractivity (Wildman–Crippen MR) is 113 cm³/mol. The van der Waals surface area contributed by atoms with E-state index in [1.54, 1.807) is 0 Å². The van der Waals surface area contributed by atoms with E-state index in [9.17, 15) is 9.90 Å². The van der Waals surface area contributed by atoms with Crippen molar-refractivity contribution in [3.05, 3.63) is 35.9 Å². The van der Waals surface area contributed by atoms with Gasteiger partial charge in [-0.2, -0.15) is 0 Å². The van der Waals surface area contributed by atoms with E-state index in [1.165, 1.54) is 31.2 Å². The maximum absolute atomic E-state index is 11.5. The lowest BCUT2D eigenvalue weighted by atomic mass is 9.94. The Kier molecular flexibility index (Phi) is 5.17. The fraction of sp³-hybridized carbons (Fsp3) is 0.708. The second kappa shape index (κ2) is 7.68. The summed E-state index contributed by atoms with van der Waals surface area (Å²) in [7, 11) is 0. The maximum Gasteiger partial charge on any atom is 0.220 e. The molecule has 1 aromatic carbocycles. The van der Waals surface area contributed by atoms with Gasteiger partial charge in [-0.15, -0.1) is 0 Å². The van der Waals surface area contributed by atoms with Crippen molar-refractivity contribution < 1.29 is 9.90 Å². The average molecular weight is 398 g/mol. The number of primary amides is 1. The molecule has 3 N–H and O–H groups in total. The molecule has 0 aromatic heterocycles. The van der Waals surface area contributed by atoms with E-state index in [2.05, 4.69) is 40.1 Å². The lowest BCUT2D eigenvalue weighted by Gasteiger charge is -2.31. The number of carbonyl (C=O) groups is 1. The van der Waals surface area contributed by atoms with Crippen LogP contribution in [0.25, 0.3) is 0 Å². The second-order valence-electron chi connectivity index (χ2n) is 9.97. The fourth-order valence-electron chi connectivity index (χ4n) is 6.83. The Morgan fingerprint density at radius 3 is 2.45 bits per heavy atom. The number of nitrogens with zero attached hydrogens (tertiary/aromatic N) is 2. The minimum Gasteiger partial charge on any atom is -0.391 e. The molecule has 5 nitrogen and oxygen atoms in total. The number of hydrogen-bond donors (Lipinski definition) is 2. The van der Waals surface area contributed by atoms with Gasteiger partial charge in [0.1, 0.15) is 0 Å². The van der Waals surface area contributed by atoms with Crippen LogP contribution in [0.4, 0.5) is 0 Å². The molecule has 4 aliphatic rings. The summed E-state index contributed by atoms with van der Waals surface area (Å²) >= 11 is 0. The van der Waals surface area contributed by atoms with E-state index in [-0.39, 0.29) is 23.3 Å². The quantitative estimate of drug-likeness (QED) is 0.799. The third kappa shape index (κ3) is 3.41. The number of piperidine rings is 1. The topological polar surface area (TPSA) is 69.8 Å². The number of carbonyl (C=O) groups excluding carboxylic acids is 1. The molecule has 4 fully saturated rings. The van der Waals surface area contributed by atoms with Gasteiger partial charge < -0.3 is 15.7 Å². The van der Waals surface area contributed by atoms with Crippen LogP contribution in [0.1, 0.15) is 50.0 Å². The monoisotopic (exact) mass is 397 g/mol. The van der Waals surface area contributed by atoms with Crippen LogP contribution in [0.2, 0.25) is 0 Å². The summed E-state index contributed by atoms with van der Waals surface area (Å²) in [6.07, 6.45) is 6.79. The highest BCUT2D eigenvalue weighted by Gasteiger charge is 2.71. The van der Waals surface area contributed by atoms with Crippen LogP contribution < -0.4 is 5.73 Å². The van der Waals surface area contributed by atoms with Gasteiger partial charge in [0.15, 0.2) is 0 Å². The van der Waals surface area contributed by atoms with Crippen LogP contribution in [0.3, 0.4) is 0 Å². The molecule has 5 heteroatoms. The third-order valence-electron chi connectivity index (χ3n) is 8.51. The van der Waals surface area contributed by atoms with Gasteiger partial charge in [0.25, 0.3) is 0 Å². The van der Waals surface area contributed by atoms with Gasteiger partial charge in [0, 0.05) is 37.0 Å². The van der Waals surface area contributed by atoms with Crippen molar-refractivity contribution in [2.45, 2.75) is 56.6 Å². The number of hydrogen-bond acceptors (Lipinski definition) is 4. The standard InChI is InChI=1S/C24H35N3O2/c25-23(29)18-10-12-26(13-11-18)14-20-22(17-6-2-1-3-7-17)24(20)16-27(15-21(24)28)19-8-4-5-9-19/h1-3,6-7,18-22,28H,4-5,8-16H2,(H2,25,29)/t20-,21+,22-,24-/m1/s1. The summed E-state index contributed by atoms with van der Waals surface area (Å²) in [5, 5.41) is 11.3. The number of likely N-dealkylation sites (tertiary alicyclic amines) is 2. The van der Waals surface area contributed by atoms with E-state index in [4.69, 9.17) is 5.73 Å². The minimum absolute atomic E-state index is 0.00444. The summed E-state index contributed by atoms with van der Waals surface area (Å²) in [5.74, 6) is 0.836. The van der Waals surface area contributed by atoms with Crippen molar-refractivity contribution in [2.75, 3.05) is 32.7 Å². The molecule has 0 unspecified atom stereocenters. The summed E-state index contributed by atoms with van der Waals surface area (Å²) in [6.45, 7) is 4.81. The Hall–Kier alpha value is -1.43. The zero-order valence-corrected chi connectivity index (χ0v) is 17.4. The molecule has 1 spiro atoms. The molecule has 2 heterocycles. The number of rotatable bonds is 5. The SMILES string of the molecule is NC(=O)C1CCN(C[C@@H]2[C@@H](c3ccccc3)[C@]23CN(C2CCCC2)C[C@@H]3O)CC1. The van der Waals surface area contributed by atoms with Crippen molar-refractivity contribution in [2.24, 2.45) is 23.0 Å². The number of aliphatic hydroxyl groups excluding tert-OH is 1. The van der Waals surface area contributed by atoms with E-state index >= 15 is 0 Å².